The number of imidazole rings is 1. The standard InChI is InChI=1S/C26H22ClFN5P/c1-34(2)23-9-7-14(10-18(23)28)15-6-8-19-21(11-15)33-22-12-20(26(33)32-19)31-25(30-13-29)16-4-3-5-17(27)24(16)22/h3-11,13,20,22H,12H2,1-2H3,(H2,29,30,31). The minimum Gasteiger partial charge on any atom is -0.390 e. The van der Waals surface area contributed by atoms with Gasteiger partial charge in [-0.15, -0.1) is 0 Å². The van der Waals surface area contributed by atoms with E-state index in [0.29, 0.717) is 10.9 Å². The quantitative estimate of drug-likeness (QED) is 0.225. The summed E-state index contributed by atoms with van der Waals surface area (Å²) in [5, 5.41) is 1.46. The monoisotopic (exact) mass is 489 g/mol. The summed E-state index contributed by atoms with van der Waals surface area (Å²) in [6.45, 7) is 4.12. The van der Waals surface area contributed by atoms with Gasteiger partial charge in [0.1, 0.15) is 17.7 Å². The van der Waals surface area contributed by atoms with Gasteiger partial charge < -0.3 is 10.3 Å². The lowest BCUT2D eigenvalue weighted by molar-refractivity contribution is 0.606. The number of fused-ring (bicyclic) bond motifs is 9. The fourth-order valence-electron chi connectivity index (χ4n) is 5.14. The third-order valence-electron chi connectivity index (χ3n) is 6.64. The molecular formula is C26H22ClFN5P. The van der Waals surface area contributed by atoms with Gasteiger partial charge in [0.2, 0.25) is 0 Å². The average molecular weight is 490 g/mol. The summed E-state index contributed by atoms with van der Waals surface area (Å²) in [6, 6.07) is 17.2. The lowest BCUT2D eigenvalue weighted by Crippen LogP contribution is -2.13. The predicted molar refractivity (Wildman–Crippen MR) is 140 cm³/mol. The highest BCUT2D eigenvalue weighted by atomic mass is 35.5. The Morgan fingerprint density at radius 2 is 1.94 bits per heavy atom. The molecule has 0 saturated heterocycles. The van der Waals surface area contributed by atoms with Gasteiger partial charge in [-0.3, -0.25) is 4.99 Å². The van der Waals surface area contributed by atoms with Crippen LogP contribution in [0.25, 0.3) is 22.2 Å². The van der Waals surface area contributed by atoms with Crippen molar-refractivity contribution in [1.29, 1.82) is 0 Å². The van der Waals surface area contributed by atoms with Crippen LogP contribution < -0.4 is 11.0 Å². The van der Waals surface area contributed by atoms with Gasteiger partial charge in [0.15, 0.2) is 5.84 Å². The van der Waals surface area contributed by atoms with E-state index in [1.165, 1.54) is 6.34 Å². The number of aliphatic imine (C=N–C) groups is 2. The third-order valence-corrected chi connectivity index (χ3v) is 8.29. The first-order valence-corrected chi connectivity index (χ1v) is 13.7. The van der Waals surface area contributed by atoms with Gasteiger partial charge in [-0.1, -0.05) is 49.9 Å². The van der Waals surface area contributed by atoms with Crippen LogP contribution in [0.5, 0.6) is 0 Å². The van der Waals surface area contributed by atoms with Crippen molar-refractivity contribution in [3.8, 4) is 11.1 Å². The smallest absolute Gasteiger partial charge is 0.157 e. The van der Waals surface area contributed by atoms with Gasteiger partial charge in [-0.05, 0) is 48.7 Å². The van der Waals surface area contributed by atoms with E-state index in [4.69, 9.17) is 27.3 Å². The van der Waals surface area contributed by atoms with Crippen LogP contribution in [-0.4, -0.2) is 35.1 Å². The number of hydrogen-bond acceptors (Lipinski definition) is 3. The number of aromatic nitrogens is 2. The fourth-order valence-corrected chi connectivity index (χ4v) is 6.31. The van der Waals surface area contributed by atoms with Crippen molar-refractivity contribution >= 4 is 48.0 Å². The number of halogens is 2. The maximum atomic E-state index is 14.7. The van der Waals surface area contributed by atoms with E-state index in [1.807, 2.05) is 42.5 Å². The largest absolute Gasteiger partial charge is 0.390 e. The molecule has 2 aliphatic rings. The Morgan fingerprint density at radius 3 is 2.71 bits per heavy atom. The van der Waals surface area contributed by atoms with Crippen molar-refractivity contribution in [3.05, 3.63) is 82.4 Å². The Kier molecular flexibility index (Phi) is 5.05. The first kappa shape index (κ1) is 21.5. The fraction of sp³-hybridized carbons (Fsp3) is 0.192. The van der Waals surface area contributed by atoms with Gasteiger partial charge in [0, 0.05) is 27.9 Å². The lowest BCUT2D eigenvalue weighted by Gasteiger charge is -2.19. The van der Waals surface area contributed by atoms with E-state index in [1.54, 1.807) is 6.07 Å². The molecule has 34 heavy (non-hydrogen) atoms. The van der Waals surface area contributed by atoms with Gasteiger partial charge in [-0.2, -0.15) is 0 Å². The van der Waals surface area contributed by atoms with Crippen LogP contribution in [0.2, 0.25) is 5.02 Å². The van der Waals surface area contributed by atoms with Crippen molar-refractivity contribution in [2.45, 2.75) is 18.5 Å². The Hall–Kier alpha value is -3.08. The summed E-state index contributed by atoms with van der Waals surface area (Å²) in [5.41, 5.74) is 11.2. The molecule has 2 bridgehead atoms. The van der Waals surface area contributed by atoms with Crippen LogP contribution in [-0.2, 0) is 0 Å². The molecule has 1 aromatic heterocycles. The zero-order valence-electron chi connectivity index (χ0n) is 18.7. The predicted octanol–water partition coefficient (Wildman–Crippen LogP) is 5.64. The molecule has 3 aromatic carbocycles. The Labute approximate surface area is 203 Å². The number of nitrogens with two attached hydrogens (primary N) is 1. The molecule has 2 aliphatic heterocycles. The van der Waals surface area contributed by atoms with Crippen LogP contribution in [0.4, 0.5) is 4.39 Å². The first-order valence-electron chi connectivity index (χ1n) is 11.1. The summed E-state index contributed by atoms with van der Waals surface area (Å²) in [4.78, 5) is 14.2. The van der Waals surface area contributed by atoms with Crippen LogP contribution in [0.15, 0.2) is 64.6 Å². The zero-order valence-corrected chi connectivity index (χ0v) is 20.4. The Morgan fingerprint density at radius 1 is 1.15 bits per heavy atom. The zero-order chi connectivity index (χ0) is 23.6. The highest BCUT2D eigenvalue weighted by Gasteiger charge is 2.40. The second-order valence-corrected chi connectivity index (χ2v) is 11.5. The average Bonchev–Trinajstić information content (AvgIpc) is 3.29. The van der Waals surface area contributed by atoms with E-state index in [9.17, 15) is 4.39 Å². The SMILES string of the molecule is CP(C)c1ccc(-c2ccc3nc4n(c3c2)C2CC4N=C(N=CN)c3cccc(Cl)c32)cc1F. The molecule has 170 valence electrons. The molecule has 2 unspecified atom stereocenters. The van der Waals surface area contributed by atoms with Crippen molar-refractivity contribution in [2.24, 2.45) is 15.7 Å². The molecule has 3 heterocycles. The molecule has 0 spiro atoms. The number of benzene rings is 3. The van der Waals surface area contributed by atoms with E-state index in [0.717, 1.165) is 50.8 Å². The number of rotatable bonds is 2. The van der Waals surface area contributed by atoms with Gasteiger partial charge >= 0.3 is 0 Å². The van der Waals surface area contributed by atoms with E-state index in [2.05, 4.69) is 29.0 Å². The highest BCUT2D eigenvalue weighted by molar-refractivity contribution is 7.64. The molecule has 0 saturated carbocycles. The lowest BCUT2D eigenvalue weighted by atomic mass is 9.98. The van der Waals surface area contributed by atoms with Gasteiger partial charge in [0.25, 0.3) is 0 Å². The third kappa shape index (κ3) is 3.20. The minimum absolute atomic E-state index is 0.0268. The molecule has 2 N–H and O–H groups in total. The maximum Gasteiger partial charge on any atom is 0.157 e. The van der Waals surface area contributed by atoms with Crippen molar-refractivity contribution in [3.63, 3.8) is 0 Å². The molecular weight excluding hydrogens is 468 g/mol. The van der Waals surface area contributed by atoms with Crippen molar-refractivity contribution < 1.29 is 4.39 Å². The van der Waals surface area contributed by atoms with Gasteiger partial charge in [-0.25, -0.2) is 14.4 Å². The van der Waals surface area contributed by atoms with Gasteiger partial charge in [0.05, 0.1) is 23.4 Å². The molecule has 0 radical (unpaired) electrons. The minimum atomic E-state index is -0.497. The molecule has 5 nitrogen and oxygen atoms in total. The molecule has 8 heteroatoms. The molecule has 0 aliphatic carbocycles. The summed E-state index contributed by atoms with van der Waals surface area (Å²) >= 11 is 6.73. The van der Waals surface area contributed by atoms with E-state index >= 15 is 0 Å². The van der Waals surface area contributed by atoms with Crippen molar-refractivity contribution in [1.82, 2.24) is 9.55 Å². The highest BCUT2D eigenvalue weighted by Crippen LogP contribution is 2.48. The first-order chi connectivity index (χ1) is 16.5. The topological polar surface area (TPSA) is 68.6 Å². The van der Waals surface area contributed by atoms with E-state index < -0.39 is 7.92 Å². The normalized spacial score (nSPS) is 18.9. The van der Waals surface area contributed by atoms with Crippen LogP contribution >= 0.6 is 19.5 Å². The summed E-state index contributed by atoms with van der Waals surface area (Å²) in [6.07, 6.45) is 2.02. The van der Waals surface area contributed by atoms with Crippen molar-refractivity contribution in [2.75, 3.05) is 13.3 Å². The molecule has 4 aromatic rings. The molecule has 0 fully saturated rings. The molecule has 2 atom stereocenters. The van der Waals surface area contributed by atoms with Crippen LogP contribution in [0, 0.1) is 5.82 Å². The number of nitrogens with zero attached hydrogens (tertiary/aromatic N) is 4. The summed E-state index contributed by atoms with van der Waals surface area (Å²) in [5.74, 6) is 1.31. The summed E-state index contributed by atoms with van der Waals surface area (Å²) < 4.78 is 17.0. The maximum absolute atomic E-state index is 14.7. The second kappa shape index (κ2) is 8.00. The van der Waals surface area contributed by atoms with Crippen LogP contribution in [0.1, 0.15) is 35.5 Å². The summed E-state index contributed by atoms with van der Waals surface area (Å²) in [7, 11) is -0.497. The number of hydrogen-bond donors (Lipinski definition) is 1. The van der Waals surface area contributed by atoms with Crippen LogP contribution in [0.3, 0.4) is 0 Å². The Balaban J connectivity index is 1.55. The second-order valence-electron chi connectivity index (χ2n) is 8.80. The van der Waals surface area contributed by atoms with E-state index in [-0.39, 0.29) is 17.9 Å². The molecule has 0 amide bonds. The Bertz CT molecular complexity index is 1520. The number of amidine groups is 1. The molecule has 6 rings (SSSR count).